The molecule has 0 radical (unpaired) electrons. The summed E-state index contributed by atoms with van der Waals surface area (Å²) in [6.07, 6.45) is 3.77. The second kappa shape index (κ2) is 6.60. The van der Waals surface area contributed by atoms with Gasteiger partial charge in [0.25, 0.3) is 11.5 Å². The van der Waals surface area contributed by atoms with Gasteiger partial charge in [-0.2, -0.15) is 0 Å². The third kappa shape index (κ3) is 2.76. The van der Waals surface area contributed by atoms with Gasteiger partial charge in [-0.25, -0.2) is 4.98 Å². The number of fused-ring (bicyclic) bond motifs is 2. The van der Waals surface area contributed by atoms with Crippen LogP contribution < -0.4 is 15.2 Å². The number of aromatic amines is 1. The largest absolute Gasteiger partial charge is 0.493 e. The zero-order valence-corrected chi connectivity index (χ0v) is 15.1. The van der Waals surface area contributed by atoms with Gasteiger partial charge in [0.2, 0.25) is 0 Å². The SMILES string of the molecule is O=C(c1ccc2c(c1)CCO2)N1CCCc2c1nc(-c1ccccn1)[nH]c2=O. The molecule has 2 aliphatic rings. The Morgan fingerprint density at radius 3 is 2.96 bits per heavy atom. The fraction of sp³-hybridized carbons (Fsp3) is 0.238. The number of benzene rings is 1. The van der Waals surface area contributed by atoms with Gasteiger partial charge in [0.1, 0.15) is 17.3 Å². The predicted octanol–water partition coefficient (Wildman–Crippen LogP) is 2.36. The molecule has 5 rings (SSSR count). The van der Waals surface area contributed by atoms with Crippen molar-refractivity contribution >= 4 is 11.7 Å². The summed E-state index contributed by atoms with van der Waals surface area (Å²) in [6, 6.07) is 10.9. The van der Waals surface area contributed by atoms with Crippen molar-refractivity contribution in [1.29, 1.82) is 0 Å². The summed E-state index contributed by atoms with van der Waals surface area (Å²) in [5, 5.41) is 0. The first-order chi connectivity index (χ1) is 13.7. The van der Waals surface area contributed by atoms with Crippen LogP contribution in [0.2, 0.25) is 0 Å². The maximum absolute atomic E-state index is 13.2. The molecule has 7 heteroatoms. The molecule has 1 N–H and O–H groups in total. The summed E-state index contributed by atoms with van der Waals surface area (Å²) in [7, 11) is 0. The Morgan fingerprint density at radius 1 is 1.18 bits per heavy atom. The van der Waals surface area contributed by atoms with E-state index in [2.05, 4.69) is 15.0 Å². The standard InChI is InChI=1S/C21H18N4O3/c26-20-15-4-3-10-25(19(15)23-18(24-20)16-5-1-2-9-22-16)21(27)14-6-7-17-13(12-14)8-11-28-17/h1-2,5-7,9,12H,3-4,8,10-11H2,(H,23,24,26). The van der Waals surface area contributed by atoms with Crippen molar-refractivity contribution in [2.75, 3.05) is 18.1 Å². The molecule has 28 heavy (non-hydrogen) atoms. The highest BCUT2D eigenvalue weighted by Crippen LogP contribution is 2.29. The van der Waals surface area contributed by atoms with E-state index in [1.165, 1.54) is 0 Å². The van der Waals surface area contributed by atoms with Gasteiger partial charge in [-0.15, -0.1) is 0 Å². The Hall–Kier alpha value is -3.48. The summed E-state index contributed by atoms with van der Waals surface area (Å²) in [6.45, 7) is 1.17. The third-order valence-corrected chi connectivity index (χ3v) is 5.15. The van der Waals surface area contributed by atoms with Crippen molar-refractivity contribution in [3.8, 4) is 17.3 Å². The molecule has 7 nitrogen and oxygen atoms in total. The Bertz CT molecular complexity index is 1120. The fourth-order valence-electron chi connectivity index (χ4n) is 3.75. The molecule has 0 saturated carbocycles. The summed E-state index contributed by atoms with van der Waals surface area (Å²) < 4.78 is 5.53. The first-order valence-corrected chi connectivity index (χ1v) is 9.33. The van der Waals surface area contributed by atoms with Crippen LogP contribution in [0.25, 0.3) is 11.5 Å². The van der Waals surface area contributed by atoms with Gasteiger partial charge in [0.15, 0.2) is 5.82 Å². The Morgan fingerprint density at radius 2 is 2.11 bits per heavy atom. The minimum atomic E-state index is -0.217. The summed E-state index contributed by atoms with van der Waals surface area (Å²) in [4.78, 5) is 39.2. The van der Waals surface area contributed by atoms with Crippen molar-refractivity contribution in [3.63, 3.8) is 0 Å². The van der Waals surface area contributed by atoms with Crippen molar-refractivity contribution < 1.29 is 9.53 Å². The number of H-pyrrole nitrogens is 1. The molecule has 4 heterocycles. The lowest BCUT2D eigenvalue weighted by Gasteiger charge is -2.28. The van der Waals surface area contributed by atoms with Gasteiger partial charge in [-0.1, -0.05) is 6.07 Å². The number of pyridine rings is 1. The van der Waals surface area contributed by atoms with Gasteiger partial charge in [0, 0.05) is 24.7 Å². The van der Waals surface area contributed by atoms with Crippen LogP contribution in [0, 0.1) is 0 Å². The third-order valence-electron chi connectivity index (χ3n) is 5.15. The number of ether oxygens (including phenoxy) is 1. The van der Waals surface area contributed by atoms with Gasteiger partial charge < -0.3 is 9.72 Å². The average molecular weight is 374 g/mol. The van der Waals surface area contributed by atoms with E-state index >= 15 is 0 Å². The lowest BCUT2D eigenvalue weighted by atomic mass is 10.0. The molecule has 1 aromatic carbocycles. The first kappa shape index (κ1) is 16.7. The van der Waals surface area contributed by atoms with E-state index in [1.807, 2.05) is 18.2 Å². The maximum Gasteiger partial charge on any atom is 0.259 e. The topological polar surface area (TPSA) is 88.2 Å². The predicted molar refractivity (Wildman–Crippen MR) is 104 cm³/mol. The number of rotatable bonds is 2. The van der Waals surface area contributed by atoms with Gasteiger partial charge >= 0.3 is 0 Å². The highest BCUT2D eigenvalue weighted by atomic mass is 16.5. The molecular weight excluding hydrogens is 356 g/mol. The van der Waals surface area contributed by atoms with Crippen LogP contribution in [0.1, 0.15) is 27.9 Å². The molecule has 2 aliphatic heterocycles. The van der Waals surface area contributed by atoms with Gasteiger partial charge in [-0.05, 0) is 48.7 Å². The Balaban J connectivity index is 1.57. The second-order valence-electron chi connectivity index (χ2n) is 6.91. The number of nitrogens with zero attached hydrogens (tertiary/aromatic N) is 3. The van der Waals surface area contributed by atoms with E-state index in [0.29, 0.717) is 48.0 Å². The average Bonchev–Trinajstić information content (AvgIpc) is 3.21. The van der Waals surface area contributed by atoms with E-state index in [4.69, 9.17) is 4.74 Å². The van der Waals surface area contributed by atoms with Crippen molar-refractivity contribution in [2.45, 2.75) is 19.3 Å². The summed E-state index contributed by atoms with van der Waals surface area (Å²) in [5.74, 6) is 1.48. The number of aromatic nitrogens is 3. The van der Waals surface area contributed by atoms with E-state index < -0.39 is 0 Å². The van der Waals surface area contributed by atoms with Gasteiger partial charge in [0.05, 0.1) is 12.2 Å². The van der Waals surface area contributed by atoms with Crippen LogP contribution in [-0.2, 0) is 12.8 Å². The molecule has 1 amide bonds. The zero-order chi connectivity index (χ0) is 19.1. The van der Waals surface area contributed by atoms with Crippen molar-refractivity contribution in [2.24, 2.45) is 0 Å². The molecule has 0 bridgehead atoms. The van der Waals surface area contributed by atoms with Crippen LogP contribution in [0.3, 0.4) is 0 Å². The summed E-state index contributed by atoms with van der Waals surface area (Å²) in [5.41, 5.74) is 2.51. The number of carbonyl (C=O) groups excluding carboxylic acids is 1. The molecule has 0 spiro atoms. The molecule has 0 unspecified atom stereocenters. The molecule has 2 aromatic heterocycles. The van der Waals surface area contributed by atoms with E-state index in [1.54, 1.807) is 29.3 Å². The monoisotopic (exact) mass is 374 g/mol. The number of amides is 1. The number of hydrogen-bond acceptors (Lipinski definition) is 5. The number of anilines is 1. The van der Waals surface area contributed by atoms with Crippen molar-refractivity contribution in [3.05, 3.63) is 69.6 Å². The minimum Gasteiger partial charge on any atom is -0.493 e. The number of nitrogens with one attached hydrogen (secondary N) is 1. The zero-order valence-electron chi connectivity index (χ0n) is 15.1. The van der Waals surface area contributed by atoms with E-state index in [0.717, 1.165) is 24.2 Å². The van der Waals surface area contributed by atoms with E-state index in [-0.39, 0.29) is 11.5 Å². The Kier molecular flexibility index (Phi) is 3.93. The maximum atomic E-state index is 13.2. The van der Waals surface area contributed by atoms with Crippen LogP contribution >= 0.6 is 0 Å². The van der Waals surface area contributed by atoms with Crippen LogP contribution in [0.4, 0.5) is 5.82 Å². The molecule has 0 aliphatic carbocycles. The quantitative estimate of drug-likeness (QED) is 0.744. The normalized spacial score (nSPS) is 14.9. The van der Waals surface area contributed by atoms with Crippen molar-refractivity contribution in [1.82, 2.24) is 15.0 Å². The molecule has 3 aromatic rings. The highest BCUT2D eigenvalue weighted by molar-refractivity contribution is 6.06. The smallest absolute Gasteiger partial charge is 0.259 e. The van der Waals surface area contributed by atoms with E-state index in [9.17, 15) is 9.59 Å². The molecule has 140 valence electrons. The van der Waals surface area contributed by atoms with Crippen LogP contribution in [0.15, 0.2) is 47.4 Å². The summed E-state index contributed by atoms with van der Waals surface area (Å²) >= 11 is 0. The van der Waals surface area contributed by atoms with Crippen LogP contribution in [0.5, 0.6) is 5.75 Å². The first-order valence-electron chi connectivity index (χ1n) is 9.33. The fourth-order valence-corrected chi connectivity index (χ4v) is 3.75. The lowest BCUT2D eigenvalue weighted by molar-refractivity contribution is 0.0984. The number of hydrogen-bond donors (Lipinski definition) is 1. The Labute approximate surface area is 161 Å². The lowest BCUT2D eigenvalue weighted by Crippen LogP contribution is -2.39. The minimum absolute atomic E-state index is 0.152. The molecule has 0 fully saturated rings. The second-order valence-corrected chi connectivity index (χ2v) is 6.91. The molecule has 0 atom stereocenters. The highest BCUT2D eigenvalue weighted by Gasteiger charge is 2.28. The van der Waals surface area contributed by atoms with Gasteiger partial charge in [-0.3, -0.25) is 19.5 Å². The molecular formula is C21H18N4O3. The van der Waals surface area contributed by atoms with Crippen LogP contribution in [-0.4, -0.2) is 34.0 Å². The number of carbonyl (C=O) groups is 1. The molecule has 0 saturated heterocycles.